The van der Waals surface area contributed by atoms with Crippen LogP contribution in [0.1, 0.15) is 28.1 Å². The molecule has 0 saturated heterocycles. The molecule has 3 aromatic carbocycles. The Hall–Kier alpha value is -8.26. The topological polar surface area (TPSA) is 175 Å². The molecule has 0 atom stereocenters. The molecule has 3 N–H and O–H groups in total. The Kier molecular flexibility index (Phi) is 11.8. The second-order valence-electron chi connectivity index (χ2n) is 14.0. The summed E-state index contributed by atoms with van der Waals surface area (Å²) in [6, 6.07) is 36.6. The standard InChI is InChI=1S/C27H23N5O2.C20H17N5O2/c1-19-26-24(29-16-22-10-5-6-12-23(22)21-11-7-13-28-15-21)14-25(33)32(27(26)31-18-30-19)34-17-20-8-3-2-4-9-20;1-13-19-17(9-18(26)25(27)20(19)24-12-23-13)22-11-15-5-2-3-7-16(15)14-6-4-8-21-10-14/h2-15,18,29H,16-17H2,1H3;2-10,12,22,27H,11H2,1H3. The number of nitrogens with zero attached hydrogens (tertiary/aromatic N) is 8. The van der Waals surface area contributed by atoms with E-state index in [0.717, 1.165) is 50.0 Å². The maximum Gasteiger partial charge on any atom is 0.287 e. The van der Waals surface area contributed by atoms with E-state index in [9.17, 15) is 14.8 Å². The van der Waals surface area contributed by atoms with Crippen LogP contribution in [0.3, 0.4) is 0 Å². The molecule has 302 valence electrons. The van der Waals surface area contributed by atoms with Gasteiger partial charge in [-0.2, -0.15) is 0 Å². The molecule has 0 amide bonds. The summed E-state index contributed by atoms with van der Waals surface area (Å²) in [5.41, 5.74) is 9.73. The fraction of sp³-hybridized carbons (Fsp3) is 0.106. The van der Waals surface area contributed by atoms with Gasteiger partial charge in [0, 0.05) is 61.1 Å². The number of fused-ring (bicyclic) bond motifs is 2. The van der Waals surface area contributed by atoms with Crippen molar-refractivity contribution in [1.82, 2.24) is 39.4 Å². The Labute approximate surface area is 349 Å². The lowest BCUT2D eigenvalue weighted by Crippen LogP contribution is -2.28. The van der Waals surface area contributed by atoms with Crippen molar-refractivity contribution in [3.8, 4) is 22.3 Å². The molecular weight excluding hydrogens is 769 g/mol. The lowest BCUT2D eigenvalue weighted by molar-refractivity contribution is 0.0979. The van der Waals surface area contributed by atoms with Gasteiger partial charge >= 0.3 is 0 Å². The summed E-state index contributed by atoms with van der Waals surface area (Å²) in [4.78, 5) is 56.3. The van der Waals surface area contributed by atoms with Crippen molar-refractivity contribution in [2.24, 2.45) is 0 Å². The highest BCUT2D eigenvalue weighted by atomic mass is 16.7. The molecule has 61 heavy (non-hydrogen) atoms. The predicted octanol–water partition coefficient (Wildman–Crippen LogP) is 7.41. The van der Waals surface area contributed by atoms with Gasteiger partial charge in [-0.15, -0.1) is 9.46 Å². The summed E-state index contributed by atoms with van der Waals surface area (Å²) in [7, 11) is 0. The largest absolute Gasteiger partial charge is 0.423 e. The average molecular weight is 809 g/mol. The molecule has 0 unspecified atom stereocenters. The zero-order chi connectivity index (χ0) is 42.1. The molecule has 0 aliphatic heterocycles. The first-order valence-corrected chi connectivity index (χ1v) is 19.4. The quantitative estimate of drug-likeness (QED) is 0.111. The molecule has 0 saturated carbocycles. The van der Waals surface area contributed by atoms with Gasteiger partial charge in [-0.3, -0.25) is 19.6 Å². The average Bonchev–Trinajstić information content (AvgIpc) is 3.30. The fourth-order valence-electron chi connectivity index (χ4n) is 7.04. The fourth-order valence-corrected chi connectivity index (χ4v) is 7.04. The molecule has 0 aliphatic rings. The predicted molar refractivity (Wildman–Crippen MR) is 235 cm³/mol. The molecule has 9 aromatic rings. The third-order valence-corrected chi connectivity index (χ3v) is 10.0. The van der Waals surface area contributed by atoms with Gasteiger partial charge in [0.1, 0.15) is 19.3 Å². The summed E-state index contributed by atoms with van der Waals surface area (Å²) in [5, 5.41) is 18.0. The van der Waals surface area contributed by atoms with Crippen molar-refractivity contribution in [3.05, 3.63) is 201 Å². The maximum absolute atomic E-state index is 13.0. The SMILES string of the molecule is Cc1ncnc2c1c(NCc1ccccc1-c1cccnc1)cc(=O)n2O.Cc1ncnc2c1c(NCc1ccccc1-c1cccnc1)cc(=O)n2OCc1ccccc1. The third kappa shape index (κ3) is 8.78. The van der Waals surface area contributed by atoms with Gasteiger partial charge in [0.05, 0.1) is 33.5 Å². The van der Waals surface area contributed by atoms with Gasteiger partial charge in [0.25, 0.3) is 11.1 Å². The highest BCUT2D eigenvalue weighted by Gasteiger charge is 2.16. The summed E-state index contributed by atoms with van der Waals surface area (Å²) in [5.74, 6) is 0. The van der Waals surface area contributed by atoms with Gasteiger partial charge in [-0.25, -0.2) is 19.9 Å². The van der Waals surface area contributed by atoms with Crippen molar-refractivity contribution in [1.29, 1.82) is 0 Å². The van der Waals surface area contributed by atoms with Crippen LogP contribution < -0.4 is 26.6 Å². The van der Waals surface area contributed by atoms with E-state index in [1.165, 1.54) is 29.5 Å². The maximum atomic E-state index is 13.0. The van der Waals surface area contributed by atoms with Crippen molar-refractivity contribution >= 4 is 33.4 Å². The highest BCUT2D eigenvalue weighted by molar-refractivity contribution is 5.91. The van der Waals surface area contributed by atoms with E-state index < -0.39 is 5.56 Å². The second kappa shape index (κ2) is 18.1. The van der Waals surface area contributed by atoms with Crippen LogP contribution in [-0.4, -0.2) is 44.6 Å². The molecule has 0 aliphatic carbocycles. The monoisotopic (exact) mass is 808 g/mol. The first-order valence-electron chi connectivity index (χ1n) is 19.4. The zero-order valence-corrected chi connectivity index (χ0v) is 33.3. The van der Waals surface area contributed by atoms with E-state index in [-0.39, 0.29) is 17.8 Å². The van der Waals surface area contributed by atoms with Crippen LogP contribution in [0.25, 0.3) is 44.3 Å². The van der Waals surface area contributed by atoms with Crippen molar-refractivity contribution in [3.63, 3.8) is 0 Å². The molecule has 0 bridgehead atoms. The van der Waals surface area contributed by atoms with Gasteiger partial charge in [0.2, 0.25) is 0 Å². The van der Waals surface area contributed by atoms with Gasteiger partial charge in [-0.1, -0.05) is 91.0 Å². The van der Waals surface area contributed by atoms with E-state index in [2.05, 4.69) is 52.7 Å². The summed E-state index contributed by atoms with van der Waals surface area (Å²) >= 11 is 0. The van der Waals surface area contributed by atoms with Crippen molar-refractivity contribution in [2.75, 3.05) is 10.6 Å². The van der Waals surface area contributed by atoms with Gasteiger partial charge < -0.3 is 20.7 Å². The molecule has 6 heterocycles. The van der Waals surface area contributed by atoms with E-state index >= 15 is 0 Å². The van der Waals surface area contributed by atoms with Crippen LogP contribution >= 0.6 is 0 Å². The zero-order valence-electron chi connectivity index (χ0n) is 33.3. The summed E-state index contributed by atoms with van der Waals surface area (Å²) < 4.78 is 1.78. The molecule has 0 spiro atoms. The normalized spacial score (nSPS) is 10.9. The molecule has 14 heteroatoms. The Bertz CT molecular complexity index is 3070. The minimum Gasteiger partial charge on any atom is -0.423 e. The Balaban J connectivity index is 0.000000173. The van der Waals surface area contributed by atoms with Crippen LogP contribution in [0.2, 0.25) is 0 Å². The first-order chi connectivity index (χ1) is 29.9. The number of aromatic nitrogens is 8. The smallest absolute Gasteiger partial charge is 0.287 e. The second-order valence-corrected chi connectivity index (χ2v) is 14.0. The van der Waals surface area contributed by atoms with Crippen molar-refractivity contribution < 1.29 is 10.0 Å². The number of pyridine rings is 4. The molecular formula is C47H40N10O4. The number of hydrogen-bond acceptors (Lipinski definition) is 12. The molecule has 0 radical (unpaired) electrons. The van der Waals surface area contributed by atoms with Gasteiger partial charge in [-0.05, 0) is 53.8 Å². The number of rotatable bonds is 11. The first kappa shape index (κ1) is 39.6. The molecule has 6 aromatic heterocycles. The van der Waals surface area contributed by atoms with E-state index in [4.69, 9.17) is 4.84 Å². The lowest BCUT2D eigenvalue weighted by atomic mass is 10.0. The van der Waals surface area contributed by atoms with Crippen LogP contribution in [0, 0.1) is 13.8 Å². The molecule has 0 fully saturated rings. The Morgan fingerprint density at radius 2 is 1.10 bits per heavy atom. The summed E-state index contributed by atoms with van der Waals surface area (Å²) in [6.45, 7) is 4.96. The van der Waals surface area contributed by atoms with E-state index in [1.54, 1.807) is 12.4 Å². The van der Waals surface area contributed by atoms with Crippen LogP contribution in [-0.2, 0) is 19.7 Å². The molecule has 14 nitrogen and oxygen atoms in total. The minimum atomic E-state index is -0.552. The number of aryl methyl sites for hydroxylation is 2. The van der Waals surface area contributed by atoms with Crippen molar-refractivity contribution in [2.45, 2.75) is 33.5 Å². The number of anilines is 2. The van der Waals surface area contributed by atoms with E-state index in [0.29, 0.717) is 45.9 Å². The number of hydrogen-bond donors (Lipinski definition) is 3. The third-order valence-electron chi connectivity index (χ3n) is 10.0. The van der Waals surface area contributed by atoms with E-state index in [1.807, 2.05) is 117 Å². The lowest BCUT2D eigenvalue weighted by Gasteiger charge is -2.16. The molecule has 9 rings (SSSR count). The number of benzene rings is 3. The van der Waals surface area contributed by atoms with Crippen LogP contribution in [0.4, 0.5) is 11.4 Å². The minimum absolute atomic E-state index is 0.179. The number of nitrogens with one attached hydrogen (secondary N) is 2. The Morgan fingerprint density at radius 3 is 1.66 bits per heavy atom. The summed E-state index contributed by atoms with van der Waals surface area (Å²) in [6.07, 6.45) is 9.93. The van der Waals surface area contributed by atoms with Crippen LogP contribution in [0.15, 0.2) is 162 Å². The van der Waals surface area contributed by atoms with Crippen LogP contribution in [0.5, 0.6) is 0 Å². The highest BCUT2D eigenvalue weighted by Crippen LogP contribution is 2.28. The Morgan fingerprint density at radius 1 is 0.590 bits per heavy atom. The van der Waals surface area contributed by atoms with Gasteiger partial charge in [0.15, 0.2) is 11.3 Å².